The van der Waals surface area contributed by atoms with Crippen molar-refractivity contribution in [2.45, 2.75) is 53.3 Å². The zero-order chi connectivity index (χ0) is 19.1. The van der Waals surface area contributed by atoms with Gasteiger partial charge in [-0.15, -0.1) is 0 Å². The summed E-state index contributed by atoms with van der Waals surface area (Å²) in [5.74, 6) is 0.731. The Labute approximate surface area is 160 Å². The van der Waals surface area contributed by atoms with Crippen molar-refractivity contribution < 1.29 is 4.74 Å². The molecule has 6 heteroatoms. The van der Waals surface area contributed by atoms with Crippen LogP contribution in [-0.2, 0) is 11.4 Å². The first-order valence-electron chi connectivity index (χ1n) is 9.71. The fraction of sp³-hybridized carbons (Fsp3) is 0.524. The van der Waals surface area contributed by atoms with E-state index in [-0.39, 0.29) is 11.7 Å². The van der Waals surface area contributed by atoms with Crippen LogP contribution >= 0.6 is 0 Å². The normalized spacial score (nSPS) is 20.1. The number of hydrogen-bond donors (Lipinski definition) is 0. The lowest BCUT2D eigenvalue weighted by Crippen LogP contribution is -2.49. The molecule has 0 radical (unpaired) electrons. The molecule has 144 valence electrons. The second-order valence-electron chi connectivity index (χ2n) is 7.82. The number of ether oxygens (including phenoxy) is 1. The van der Waals surface area contributed by atoms with Crippen LogP contribution in [0.3, 0.4) is 0 Å². The van der Waals surface area contributed by atoms with Crippen LogP contribution in [0.1, 0.15) is 35.2 Å². The van der Waals surface area contributed by atoms with E-state index in [1.807, 2.05) is 13.8 Å². The predicted molar refractivity (Wildman–Crippen MR) is 107 cm³/mol. The van der Waals surface area contributed by atoms with E-state index in [0.717, 1.165) is 48.9 Å². The maximum absolute atomic E-state index is 13.0. The number of anilines is 2. The molecule has 2 aromatic rings. The lowest BCUT2D eigenvalue weighted by Gasteiger charge is -2.39. The van der Waals surface area contributed by atoms with E-state index in [9.17, 15) is 4.79 Å². The molecule has 1 atom stereocenters. The molecule has 0 saturated carbocycles. The van der Waals surface area contributed by atoms with Crippen molar-refractivity contribution in [3.63, 3.8) is 0 Å². The monoisotopic (exact) mass is 368 g/mol. The summed E-state index contributed by atoms with van der Waals surface area (Å²) < 4.78 is 7.63. The topological polar surface area (TPSA) is 50.6 Å². The minimum Gasteiger partial charge on any atom is -0.377 e. The molecule has 0 N–H and O–H groups in total. The molecule has 2 aliphatic rings. The number of fused-ring (bicyclic) bond motifs is 1. The quantitative estimate of drug-likeness (QED) is 0.834. The van der Waals surface area contributed by atoms with Gasteiger partial charge in [0.1, 0.15) is 0 Å². The highest BCUT2D eigenvalue weighted by Gasteiger charge is 2.29. The predicted octanol–water partition coefficient (Wildman–Crippen LogP) is 3.02. The van der Waals surface area contributed by atoms with Crippen LogP contribution in [0.5, 0.6) is 0 Å². The number of aryl methyl sites for hydroxylation is 3. The van der Waals surface area contributed by atoms with E-state index >= 15 is 0 Å². The van der Waals surface area contributed by atoms with Gasteiger partial charge in [0.15, 0.2) is 0 Å². The molecule has 6 nitrogen and oxygen atoms in total. The number of rotatable bonds is 3. The minimum atomic E-state index is 0.0448. The van der Waals surface area contributed by atoms with Gasteiger partial charge in [-0.3, -0.25) is 19.2 Å². The molecular formula is C21H28N4O2. The van der Waals surface area contributed by atoms with Crippen molar-refractivity contribution in [3.8, 4) is 0 Å². The van der Waals surface area contributed by atoms with E-state index in [1.165, 1.54) is 11.1 Å². The maximum atomic E-state index is 13.0. The van der Waals surface area contributed by atoms with Gasteiger partial charge in [0, 0.05) is 30.1 Å². The molecular weight excluding hydrogens is 340 g/mol. The summed E-state index contributed by atoms with van der Waals surface area (Å²) in [5.41, 5.74) is 5.13. The third-order valence-electron chi connectivity index (χ3n) is 5.83. The summed E-state index contributed by atoms with van der Waals surface area (Å²) >= 11 is 0. The first kappa shape index (κ1) is 18.2. The standard InChI is InChI=1S/C21H28N4O2/c1-14-7-8-18(10-15(14)2)24-12-23(11-19-6-5-9-27-19)13-25-20(26)16(3)17(4)22-21(24)25/h7-8,10,19H,5-6,9,11-13H2,1-4H3. The third kappa shape index (κ3) is 3.39. The van der Waals surface area contributed by atoms with Crippen LogP contribution in [-0.4, -0.2) is 40.4 Å². The Morgan fingerprint density at radius 2 is 1.96 bits per heavy atom. The molecule has 1 unspecified atom stereocenters. The highest BCUT2D eigenvalue weighted by Crippen LogP contribution is 2.29. The van der Waals surface area contributed by atoms with Gasteiger partial charge in [0.25, 0.3) is 5.56 Å². The Kier molecular flexibility index (Phi) is 4.78. The van der Waals surface area contributed by atoms with Gasteiger partial charge < -0.3 is 4.74 Å². The van der Waals surface area contributed by atoms with E-state index in [4.69, 9.17) is 9.72 Å². The molecule has 4 rings (SSSR count). The molecule has 0 spiro atoms. The summed E-state index contributed by atoms with van der Waals surface area (Å²) in [6.45, 7) is 10.9. The molecule has 2 aliphatic heterocycles. The maximum Gasteiger partial charge on any atom is 0.259 e. The number of hydrogen-bond acceptors (Lipinski definition) is 5. The van der Waals surface area contributed by atoms with Gasteiger partial charge in [-0.2, -0.15) is 0 Å². The largest absolute Gasteiger partial charge is 0.377 e. The fourth-order valence-corrected chi connectivity index (χ4v) is 3.87. The van der Waals surface area contributed by atoms with Crippen LogP contribution in [0.15, 0.2) is 23.0 Å². The van der Waals surface area contributed by atoms with Crippen LogP contribution < -0.4 is 10.5 Å². The lowest BCUT2D eigenvalue weighted by molar-refractivity contribution is 0.0584. The molecule has 1 aromatic carbocycles. The highest BCUT2D eigenvalue weighted by atomic mass is 16.5. The number of nitrogens with zero attached hydrogens (tertiary/aromatic N) is 4. The van der Waals surface area contributed by atoms with Gasteiger partial charge in [-0.25, -0.2) is 4.98 Å². The molecule has 1 saturated heterocycles. The van der Waals surface area contributed by atoms with Crippen molar-refractivity contribution in [3.05, 3.63) is 50.9 Å². The van der Waals surface area contributed by atoms with E-state index in [0.29, 0.717) is 13.3 Å². The second kappa shape index (κ2) is 7.09. The van der Waals surface area contributed by atoms with Gasteiger partial charge in [0.05, 0.1) is 19.4 Å². The first-order chi connectivity index (χ1) is 12.9. The fourth-order valence-electron chi connectivity index (χ4n) is 3.87. The van der Waals surface area contributed by atoms with Crippen molar-refractivity contribution >= 4 is 11.6 Å². The molecule has 27 heavy (non-hydrogen) atoms. The minimum absolute atomic E-state index is 0.0448. The van der Waals surface area contributed by atoms with E-state index in [2.05, 4.69) is 41.8 Å². The van der Waals surface area contributed by atoms with Crippen LogP contribution in [0.25, 0.3) is 0 Å². The number of aromatic nitrogens is 2. The molecule has 0 aliphatic carbocycles. The summed E-state index contributed by atoms with van der Waals surface area (Å²) in [5, 5.41) is 0. The van der Waals surface area contributed by atoms with Crippen molar-refractivity contribution in [2.75, 3.05) is 24.7 Å². The smallest absolute Gasteiger partial charge is 0.259 e. The Hall–Kier alpha value is -2.18. The first-order valence-corrected chi connectivity index (χ1v) is 9.71. The second-order valence-corrected chi connectivity index (χ2v) is 7.82. The summed E-state index contributed by atoms with van der Waals surface area (Å²) in [7, 11) is 0. The van der Waals surface area contributed by atoms with Crippen LogP contribution in [0.4, 0.5) is 11.6 Å². The molecule has 1 fully saturated rings. The molecule has 0 bridgehead atoms. The summed E-state index contributed by atoms with van der Waals surface area (Å²) in [6, 6.07) is 6.42. The Bertz CT molecular complexity index is 915. The molecule has 0 amide bonds. The van der Waals surface area contributed by atoms with Crippen LogP contribution in [0, 0.1) is 27.7 Å². The van der Waals surface area contributed by atoms with Crippen molar-refractivity contribution in [2.24, 2.45) is 0 Å². The Morgan fingerprint density at radius 3 is 2.67 bits per heavy atom. The SMILES string of the molecule is Cc1ccc(N2CN(CC3CCCO3)Cn3c2nc(C)c(C)c3=O)cc1C. The summed E-state index contributed by atoms with van der Waals surface area (Å²) in [6.07, 6.45) is 2.46. The van der Waals surface area contributed by atoms with Gasteiger partial charge in [0.2, 0.25) is 5.95 Å². The van der Waals surface area contributed by atoms with Gasteiger partial charge in [-0.1, -0.05) is 6.07 Å². The zero-order valence-corrected chi connectivity index (χ0v) is 16.7. The van der Waals surface area contributed by atoms with Crippen LogP contribution in [0.2, 0.25) is 0 Å². The average molecular weight is 368 g/mol. The average Bonchev–Trinajstić information content (AvgIpc) is 3.15. The summed E-state index contributed by atoms with van der Waals surface area (Å²) in [4.78, 5) is 22.2. The Morgan fingerprint density at radius 1 is 1.15 bits per heavy atom. The van der Waals surface area contributed by atoms with Gasteiger partial charge >= 0.3 is 0 Å². The van der Waals surface area contributed by atoms with Gasteiger partial charge in [-0.05, 0) is 63.8 Å². The van der Waals surface area contributed by atoms with E-state index in [1.54, 1.807) is 4.57 Å². The van der Waals surface area contributed by atoms with Crippen molar-refractivity contribution in [1.82, 2.24) is 14.5 Å². The molecule has 3 heterocycles. The zero-order valence-electron chi connectivity index (χ0n) is 16.7. The highest BCUT2D eigenvalue weighted by molar-refractivity contribution is 5.60. The van der Waals surface area contributed by atoms with E-state index < -0.39 is 0 Å². The Balaban J connectivity index is 1.76. The molecule has 1 aromatic heterocycles. The number of benzene rings is 1. The van der Waals surface area contributed by atoms with Crippen molar-refractivity contribution in [1.29, 1.82) is 0 Å². The third-order valence-corrected chi connectivity index (χ3v) is 5.83. The lowest BCUT2D eigenvalue weighted by atomic mass is 10.1.